The molecule has 0 amide bonds. The minimum atomic E-state index is 0.285. The summed E-state index contributed by atoms with van der Waals surface area (Å²) in [6.45, 7) is 4.06. The Morgan fingerprint density at radius 3 is 3.00 bits per heavy atom. The van der Waals surface area contributed by atoms with Crippen LogP contribution in [0.4, 0.5) is 0 Å². The molecular formula is C17H17N3O2. The zero-order valence-electron chi connectivity index (χ0n) is 12.4. The fourth-order valence-electron chi connectivity index (χ4n) is 2.71. The molecule has 0 unspecified atom stereocenters. The summed E-state index contributed by atoms with van der Waals surface area (Å²) in [4.78, 5) is 4.83. The summed E-state index contributed by atoms with van der Waals surface area (Å²) in [5.41, 5.74) is 3.19. The van der Waals surface area contributed by atoms with E-state index in [0.29, 0.717) is 0 Å². The van der Waals surface area contributed by atoms with Crippen molar-refractivity contribution in [1.29, 1.82) is 0 Å². The first-order chi connectivity index (χ1) is 10.9. The van der Waals surface area contributed by atoms with Gasteiger partial charge < -0.3 is 14.8 Å². The topological polar surface area (TPSA) is 47.8 Å². The van der Waals surface area contributed by atoms with Crippen molar-refractivity contribution in [3.05, 3.63) is 48.3 Å². The average molecular weight is 295 g/mol. The maximum atomic E-state index is 5.47. The smallest absolute Gasteiger partial charge is 0.231 e. The molecule has 0 atom stereocenters. The standard InChI is InChI=1S/C17H17N3O2/c1-2-18-10-13-14-5-3-4-8-20(14)17(19-13)12-6-7-15-16(9-12)22-11-21-15/h3-9,18H,2,10-11H2,1H3. The lowest BCUT2D eigenvalue weighted by atomic mass is 10.2. The quantitative estimate of drug-likeness (QED) is 0.804. The molecule has 0 aliphatic carbocycles. The number of ether oxygens (including phenoxy) is 2. The Balaban J connectivity index is 1.84. The molecule has 2 aromatic heterocycles. The zero-order valence-corrected chi connectivity index (χ0v) is 12.4. The minimum absolute atomic E-state index is 0.285. The van der Waals surface area contributed by atoms with Crippen LogP contribution in [0.2, 0.25) is 0 Å². The van der Waals surface area contributed by atoms with Crippen LogP contribution in [0, 0.1) is 0 Å². The molecule has 22 heavy (non-hydrogen) atoms. The summed E-state index contributed by atoms with van der Waals surface area (Å²) >= 11 is 0. The second-order valence-corrected chi connectivity index (χ2v) is 5.19. The molecule has 0 fully saturated rings. The van der Waals surface area contributed by atoms with E-state index in [4.69, 9.17) is 14.5 Å². The zero-order chi connectivity index (χ0) is 14.9. The van der Waals surface area contributed by atoms with Crippen molar-refractivity contribution < 1.29 is 9.47 Å². The van der Waals surface area contributed by atoms with Crippen molar-refractivity contribution in [2.45, 2.75) is 13.5 Å². The van der Waals surface area contributed by atoms with E-state index in [-0.39, 0.29) is 6.79 Å². The third kappa shape index (κ3) is 2.10. The van der Waals surface area contributed by atoms with Crippen LogP contribution in [0.25, 0.3) is 16.9 Å². The van der Waals surface area contributed by atoms with Gasteiger partial charge in [-0.1, -0.05) is 13.0 Å². The lowest BCUT2D eigenvalue weighted by molar-refractivity contribution is 0.174. The lowest BCUT2D eigenvalue weighted by Gasteiger charge is -2.02. The van der Waals surface area contributed by atoms with Crippen LogP contribution in [-0.4, -0.2) is 22.7 Å². The average Bonchev–Trinajstić information content (AvgIpc) is 3.17. The fraction of sp³-hybridized carbons (Fsp3) is 0.235. The third-order valence-corrected chi connectivity index (χ3v) is 3.80. The Labute approximate surface area is 128 Å². The molecular weight excluding hydrogens is 278 g/mol. The maximum Gasteiger partial charge on any atom is 0.231 e. The van der Waals surface area contributed by atoms with Gasteiger partial charge in [0, 0.05) is 18.3 Å². The number of fused-ring (bicyclic) bond motifs is 2. The number of benzene rings is 1. The van der Waals surface area contributed by atoms with E-state index in [9.17, 15) is 0 Å². The molecule has 5 heteroatoms. The summed E-state index contributed by atoms with van der Waals surface area (Å²) < 4.78 is 13.0. The monoisotopic (exact) mass is 295 g/mol. The number of hydrogen-bond acceptors (Lipinski definition) is 4. The maximum absolute atomic E-state index is 5.47. The number of pyridine rings is 1. The summed E-state index contributed by atoms with van der Waals surface area (Å²) in [6.07, 6.45) is 2.04. The number of aromatic nitrogens is 2. The largest absolute Gasteiger partial charge is 0.454 e. The predicted octanol–water partition coefficient (Wildman–Crippen LogP) is 2.84. The number of nitrogens with one attached hydrogen (secondary N) is 1. The van der Waals surface area contributed by atoms with E-state index in [1.165, 1.54) is 0 Å². The molecule has 0 spiro atoms. The second kappa shape index (κ2) is 5.35. The van der Waals surface area contributed by atoms with Gasteiger partial charge in [0.1, 0.15) is 5.82 Å². The number of hydrogen-bond donors (Lipinski definition) is 1. The minimum Gasteiger partial charge on any atom is -0.454 e. The van der Waals surface area contributed by atoms with Crippen molar-refractivity contribution in [1.82, 2.24) is 14.7 Å². The molecule has 112 valence electrons. The number of rotatable bonds is 4. The molecule has 1 aliphatic heterocycles. The van der Waals surface area contributed by atoms with Gasteiger partial charge in [0.25, 0.3) is 0 Å². The first kappa shape index (κ1) is 13.2. The number of imidazole rings is 1. The molecule has 0 bridgehead atoms. The Bertz CT molecular complexity index is 826. The van der Waals surface area contributed by atoms with Gasteiger partial charge in [-0.05, 0) is 36.9 Å². The van der Waals surface area contributed by atoms with Gasteiger partial charge in [-0.3, -0.25) is 4.40 Å². The van der Waals surface area contributed by atoms with Gasteiger partial charge in [-0.25, -0.2) is 4.98 Å². The van der Waals surface area contributed by atoms with Crippen LogP contribution in [0.15, 0.2) is 42.6 Å². The first-order valence-corrected chi connectivity index (χ1v) is 7.43. The molecule has 0 saturated carbocycles. The van der Waals surface area contributed by atoms with Crippen LogP contribution in [-0.2, 0) is 6.54 Å². The molecule has 1 aromatic carbocycles. The van der Waals surface area contributed by atoms with Gasteiger partial charge >= 0.3 is 0 Å². The Kier molecular flexibility index (Phi) is 3.20. The van der Waals surface area contributed by atoms with Crippen LogP contribution in [0.3, 0.4) is 0 Å². The van der Waals surface area contributed by atoms with Crippen molar-refractivity contribution in [3.8, 4) is 22.9 Å². The highest BCUT2D eigenvalue weighted by Gasteiger charge is 2.17. The highest BCUT2D eigenvalue weighted by molar-refractivity contribution is 5.68. The molecule has 0 saturated heterocycles. The van der Waals surface area contributed by atoms with E-state index in [1.807, 2.05) is 36.5 Å². The van der Waals surface area contributed by atoms with E-state index < -0.39 is 0 Å². The summed E-state index contributed by atoms with van der Waals surface area (Å²) in [6, 6.07) is 12.1. The van der Waals surface area contributed by atoms with E-state index in [2.05, 4.69) is 22.7 Å². The molecule has 3 aromatic rings. The molecule has 3 heterocycles. The summed E-state index contributed by atoms with van der Waals surface area (Å²) in [5, 5.41) is 3.34. The van der Waals surface area contributed by atoms with E-state index in [0.717, 1.165) is 47.2 Å². The van der Waals surface area contributed by atoms with Crippen molar-refractivity contribution >= 4 is 5.52 Å². The molecule has 4 rings (SSSR count). The normalized spacial score (nSPS) is 13.0. The molecule has 1 aliphatic rings. The van der Waals surface area contributed by atoms with Crippen molar-refractivity contribution in [3.63, 3.8) is 0 Å². The summed E-state index contributed by atoms with van der Waals surface area (Å²) in [7, 11) is 0. The first-order valence-electron chi connectivity index (χ1n) is 7.43. The van der Waals surface area contributed by atoms with Crippen LogP contribution < -0.4 is 14.8 Å². The van der Waals surface area contributed by atoms with Gasteiger partial charge in [0.2, 0.25) is 6.79 Å². The van der Waals surface area contributed by atoms with E-state index >= 15 is 0 Å². The van der Waals surface area contributed by atoms with Gasteiger partial charge in [0.15, 0.2) is 11.5 Å². The number of nitrogens with zero attached hydrogens (tertiary/aromatic N) is 2. The van der Waals surface area contributed by atoms with Gasteiger partial charge in [-0.2, -0.15) is 0 Å². The molecule has 1 N–H and O–H groups in total. The summed E-state index contributed by atoms with van der Waals surface area (Å²) in [5.74, 6) is 2.48. The lowest BCUT2D eigenvalue weighted by Crippen LogP contribution is -2.12. The van der Waals surface area contributed by atoms with Crippen molar-refractivity contribution in [2.24, 2.45) is 0 Å². The van der Waals surface area contributed by atoms with Gasteiger partial charge in [-0.15, -0.1) is 0 Å². The highest BCUT2D eigenvalue weighted by atomic mass is 16.7. The van der Waals surface area contributed by atoms with Crippen molar-refractivity contribution in [2.75, 3.05) is 13.3 Å². The molecule has 0 radical (unpaired) electrons. The highest BCUT2D eigenvalue weighted by Crippen LogP contribution is 2.36. The Morgan fingerprint density at radius 2 is 2.09 bits per heavy atom. The predicted molar refractivity (Wildman–Crippen MR) is 84.1 cm³/mol. The second-order valence-electron chi connectivity index (χ2n) is 5.19. The van der Waals surface area contributed by atoms with Crippen LogP contribution >= 0.6 is 0 Å². The van der Waals surface area contributed by atoms with Crippen LogP contribution in [0.1, 0.15) is 12.6 Å². The van der Waals surface area contributed by atoms with Crippen LogP contribution in [0.5, 0.6) is 11.5 Å². The fourth-order valence-corrected chi connectivity index (χ4v) is 2.71. The van der Waals surface area contributed by atoms with E-state index in [1.54, 1.807) is 0 Å². The third-order valence-electron chi connectivity index (χ3n) is 3.80. The Morgan fingerprint density at radius 1 is 1.18 bits per heavy atom. The Hall–Kier alpha value is -2.53. The van der Waals surface area contributed by atoms with Gasteiger partial charge in [0.05, 0.1) is 11.2 Å². The SMILES string of the molecule is CCNCc1nc(-c2ccc3c(c2)OCO3)n2ccccc12. The molecule has 5 nitrogen and oxygen atoms in total.